The van der Waals surface area contributed by atoms with Crippen LogP contribution in [0.1, 0.15) is 44.2 Å². The summed E-state index contributed by atoms with van der Waals surface area (Å²) in [7, 11) is 1.80. The van der Waals surface area contributed by atoms with Crippen molar-refractivity contribution in [1.29, 1.82) is 0 Å². The third-order valence-corrected chi connectivity index (χ3v) is 5.63. The van der Waals surface area contributed by atoms with Crippen LogP contribution in [0, 0.1) is 25.7 Å². The van der Waals surface area contributed by atoms with Gasteiger partial charge >= 0.3 is 0 Å². The lowest BCUT2D eigenvalue weighted by molar-refractivity contribution is -0.124. The highest BCUT2D eigenvalue weighted by Gasteiger charge is 2.28. The van der Waals surface area contributed by atoms with Crippen LogP contribution in [0.3, 0.4) is 0 Å². The van der Waals surface area contributed by atoms with Crippen LogP contribution in [-0.2, 0) is 9.59 Å². The number of amides is 2. The predicted octanol–water partition coefficient (Wildman–Crippen LogP) is 3.11. The molecular formula is C21H33N3O2. The van der Waals surface area contributed by atoms with Gasteiger partial charge in [0.25, 0.3) is 0 Å². The molecule has 5 nitrogen and oxygen atoms in total. The van der Waals surface area contributed by atoms with Crippen molar-refractivity contribution in [2.24, 2.45) is 11.8 Å². The minimum absolute atomic E-state index is 0.00155. The van der Waals surface area contributed by atoms with Gasteiger partial charge in [0, 0.05) is 11.7 Å². The molecule has 2 amide bonds. The molecule has 1 aromatic rings. The van der Waals surface area contributed by atoms with Crippen LogP contribution in [0.25, 0.3) is 0 Å². The third kappa shape index (κ3) is 5.56. The zero-order chi connectivity index (χ0) is 19.3. The Hall–Kier alpha value is -1.88. The molecule has 26 heavy (non-hydrogen) atoms. The van der Waals surface area contributed by atoms with E-state index in [-0.39, 0.29) is 30.9 Å². The van der Waals surface area contributed by atoms with E-state index in [1.807, 2.05) is 32.0 Å². The molecule has 0 radical (unpaired) electrons. The van der Waals surface area contributed by atoms with Crippen molar-refractivity contribution >= 4 is 17.5 Å². The van der Waals surface area contributed by atoms with E-state index >= 15 is 0 Å². The summed E-state index contributed by atoms with van der Waals surface area (Å²) in [6, 6.07) is 6.19. The molecule has 0 spiro atoms. The quantitative estimate of drug-likeness (QED) is 0.820. The molecule has 1 fully saturated rings. The number of aryl methyl sites for hydroxylation is 2. The summed E-state index contributed by atoms with van der Waals surface area (Å²) in [6.45, 7) is 8.86. The van der Waals surface area contributed by atoms with Crippen molar-refractivity contribution in [3.05, 3.63) is 29.3 Å². The van der Waals surface area contributed by atoms with Crippen molar-refractivity contribution in [1.82, 2.24) is 10.2 Å². The van der Waals surface area contributed by atoms with Gasteiger partial charge in [0.05, 0.1) is 13.1 Å². The zero-order valence-corrected chi connectivity index (χ0v) is 16.8. The molecule has 1 aromatic carbocycles. The molecule has 1 aliphatic carbocycles. The van der Waals surface area contributed by atoms with Crippen LogP contribution in [0.2, 0.25) is 0 Å². The number of para-hydroxylation sites is 1. The SMILES string of the molecule is Cc1cccc(C)c1NC(=O)CN(C)CC(=O)N[C@@H]1CCC[C@H](C)[C@@H]1C. The second kappa shape index (κ2) is 9.17. The van der Waals surface area contributed by atoms with Crippen molar-refractivity contribution in [2.75, 3.05) is 25.5 Å². The fourth-order valence-electron chi connectivity index (χ4n) is 3.77. The van der Waals surface area contributed by atoms with E-state index in [2.05, 4.69) is 24.5 Å². The molecule has 144 valence electrons. The Labute approximate surface area is 157 Å². The highest BCUT2D eigenvalue weighted by Crippen LogP contribution is 2.29. The number of hydrogen-bond donors (Lipinski definition) is 2. The van der Waals surface area contributed by atoms with E-state index in [4.69, 9.17) is 0 Å². The number of hydrogen-bond acceptors (Lipinski definition) is 3. The van der Waals surface area contributed by atoms with E-state index in [1.165, 1.54) is 12.8 Å². The summed E-state index contributed by atoms with van der Waals surface area (Å²) in [5.74, 6) is 1.05. The molecule has 0 saturated heterocycles. The fraction of sp³-hybridized carbons (Fsp3) is 0.619. The molecule has 0 heterocycles. The van der Waals surface area contributed by atoms with Crippen molar-refractivity contribution in [3.8, 4) is 0 Å². The maximum atomic E-state index is 12.3. The smallest absolute Gasteiger partial charge is 0.238 e. The van der Waals surface area contributed by atoms with Gasteiger partial charge in [0.1, 0.15) is 0 Å². The average Bonchev–Trinajstić information content (AvgIpc) is 2.55. The van der Waals surface area contributed by atoms with Crippen LogP contribution in [0.4, 0.5) is 5.69 Å². The first-order valence-electron chi connectivity index (χ1n) is 9.62. The first-order valence-corrected chi connectivity index (χ1v) is 9.62. The second-order valence-electron chi connectivity index (χ2n) is 7.93. The van der Waals surface area contributed by atoms with Gasteiger partial charge in [-0.05, 0) is 50.3 Å². The van der Waals surface area contributed by atoms with Gasteiger partial charge in [-0.1, -0.05) is 44.9 Å². The van der Waals surface area contributed by atoms with Gasteiger partial charge in [-0.2, -0.15) is 0 Å². The molecule has 1 saturated carbocycles. The van der Waals surface area contributed by atoms with Crippen LogP contribution < -0.4 is 10.6 Å². The predicted molar refractivity (Wildman–Crippen MR) is 106 cm³/mol. The zero-order valence-electron chi connectivity index (χ0n) is 16.8. The lowest BCUT2D eigenvalue weighted by Gasteiger charge is -2.34. The summed E-state index contributed by atoms with van der Waals surface area (Å²) >= 11 is 0. The van der Waals surface area contributed by atoms with Gasteiger partial charge in [0.2, 0.25) is 11.8 Å². The molecule has 3 atom stereocenters. The Kier molecular flexibility index (Phi) is 7.21. The van der Waals surface area contributed by atoms with Crippen molar-refractivity contribution in [2.45, 2.75) is 53.0 Å². The largest absolute Gasteiger partial charge is 0.352 e. The number of anilines is 1. The summed E-state index contributed by atoms with van der Waals surface area (Å²) in [6.07, 6.45) is 3.46. The van der Waals surface area contributed by atoms with Gasteiger partial charge in [-0.3, -0.25) is 14.5 Å². The molecule has 2 rings (SSSR count). The highest BCUT2D eigenvalue weighted by atomic mass is 16.2. The molecule has 1 aliphatic rings. The monoisotopic (exact) mass is 359 g/mol. The van der Waals surface area contributed by atoms with Crippen LogP contribution >= 0.6 is 0 Å². The number of carbonyl (C=O) groups is 2. The van der Waals surface area contributed by atoms with E-state index in [0.717, 1.165) is 23.2 Å². The fourth-order valence-corrected chi connectivity index (χ4v) is 3.77. The first kappa shape index (κ1) is 20.4. The number of carbonyl (C=O) groups excluding carboxylic acids is 2. The summed E-state index contributed by atoms with van der Waals surface area (Å²) < 4.78 is 0. The van der Waals surface area contributed by atoms with Crippen molar-refractivity contribution < 1.29 is 9.59 Å². The Bertz CT molecular complexity index is 624. The Balaban J connectivity index is 1.81. The lowest BCUT2D eigenvalue weighted by Crippen LogP contribution is -2.47. The average molecular weight is 360 g/mol. The lowest BCUT2D eigenvalue weighted by atomic mass is 9.78. The maximum absolute atomic E-state index is 12.3. The first-order chi connectivity index (χ1) is 12.3. The number of rotatable bonds is 6. The Morgan fingerprint density at radius 1 is 1.08 bits per heavy atom. The number of benzene rings is 1. The summed E-state index contributed by atoms with van der Waals surface area (Å²) in [4.78, 5) is 26.4. The number of nitrogens with zero attached hydrogens (tertiary/aromatic N) is 1. The topological polar surface area (TPSA) is 61.4 Å². The number of nitrogens with one attached hydrogen (secondary N) is 2. The molecule has 0 aromatic heterocycles. The van der Waals surface area contributed by atoms with Gasteiger partial charge in [-0.25, -0.2) is 0 Å². The Morgan fingerprint density at radius 3 is 2.35 bits per heavy atom. The molecular weight excluding hydrogens is 326 g/mol. The molecule has 0 unspecified atom stereocenters. The second-order valence-corrected chi connectivity index (χ2v) is 7.93. The number of likely N-dealkylation sites (N-methyl/N-ethyl adjacent to an activating group) is 1. The van der Waals surface area contributed by atoms with Crippen LogP contribution in [0.15, 0.2) is 18.2 Å². The minimum Gasteiger partial charge on any atom is -0.352 e. The molecule has 2 N–H and O–H groups in total. The minimum atomic E-state index is -0.0997. The highest BCUT2D eigenvalue weighted by molar-refractivity contribution is 5.94. The maximum Gasteiger partial charge on any atom is 0.238 e. The molecule has 0 aliphatic heterocycles. The van der Waals surface area contributed by atoms with E-state index in [9.17, 15) is 9.59 Å². The van der Waals surface area contributed by atoms with Gasteiger partial charge in [-0.15, -0.1) is 0 Å². The van der Waals surface area contributed by atoms with Crippen molar-refractivity contribution in [3.63, 3.8) is 0 Å². The summed E-state index contributed by atoms with van der Waals surface area (Å²) in [5.41, 5.74) is 2.94. The van der Waals surface area contributed by atoms with Gasteiger partial charge in [0.15, 0.2) is 0 Å². The Morgan fingerprint density at radius 2 is 1.69 bits per heavy atom. The third-order valence-electron chi connectivity index (χ3n) is 5.63. The van der Waals surface area contributed by atoms with E-state index in [1.54, 1.807) is 11.9 Å². The molecule has 5 heteroatoms. The van der Waals surface area contributed by atoms with E-state index in [0.29, 0.717) is 11.8 Å². The summed E-state index contributed by atoms with van der Waals surface area (Å²) in [5, 5.41) is 6.12. The standard InChI is InChI=1S/C21H33N3O2/c1-14-8-7-11-18(17(14)4)22-19(25)12-24(5)13-20(26)23-21-15(2)9-6-10-16(21)3/h6,9-10,14,17-18H,7-8,11-13H2,1-5H3,(H,22,25)(H,23,26)/t14-,17-,18+/m0/s1. The normalized spacial score (nSPS) is 22.9. The van der Waals surface area contributed by atoms with Crippen LogP contribution in [0.5, 0.6) is 0 Å². The van der Waals surface area contributed by atoms with Gasteiger partial charge < -0.3 is 10.6 Å². The van der Waals surface area contributed by atoms with Crippen LogP contribution in [-0.4, -0.2) is 42.9 Å². The van der Waals surface area contributed by atoms with E-state index < -0.39 is 0 Å². The molecule has 0 bridgehead atoms.